The number of nitroso groups, excluding NO2 is 1. The normalized spacial score (nSPS) is 24.1. The summed E-state index contributed by atoms with van der Waals surface area (Å²) in [6.45, 7) is 1.75. The smallest absolute Gasteiger partial charge is 0.342 e. The van der Waals surface area contributed by atoms with E-state index in [1.54, 1.807) is 6.92 Å². The molecule has 7 heteroatoms. The predicted molar refractivity (Wildman–Crippen MR) is 67.2 cm³/mol. The summed E-state index contributed by atoms with van der Waals surface area (Å²) in [6, 6.07) is 1.46. The minimum atomic E-state index is -1.72. The molecule has 0 amide bonds. The largest absolute Gasteiger partial charge is 0.458 e. The van der Waals surface area contributed by atoms with Crippen LogP contribution in [-0.2, 0) is 28.2 Å². The number of carbonyl (C=O) groups excluding carboxylic acids is 2. The van der Waals surface area contributed by atoms with Crippen LogP contribution >= 0.6 is 0 Å². The van der Waals surface area contributed by atoms with Gasteiger partial charge in [0.2, 0.25) is 5.54 Å². The molecule has 1 atom stereocenters. The zero-order chi connectivity index (χ0) is 14.5. The topological polar surface area (TPSA) is 94.8 Å². The van der Waals surface area contributed by atoms with E-state index in [1.165, 1.54) is 10.6 Å². The van der Waals surface area contributed by atoms with Gasteiger partial charge in [-0.2, -0.15) is 0 Å². The maximum Gasteiger partial charge on any atom is 0.342 e. The van der Waals surface area contributed by atoms with Crippen molar-refractivity contribution in [3.8, 4) is 0 Å². The highest BCUT2D eigenvalue weighted by molar-refractivity contribution is 5.97. The van der Waals surface area contributed by atoms with Crippen LogP contribution in [0, 0.1) is 4.91 Å². The van der Waals surface area contributed by atoms with Crippen molar-refractivity contribution in [2.75, 3.05) is 0 Å². The molecule has 7 nitrogen and oxygen atoms in total. The Morgan fingerprint density at radius 1 is 1.40 bits per heavy atom. The Morgan fingerprint density at radius 3 is 2.80 bits per heavy atom. The molecule has 2 aliphatic heterocycles. The number of Topliss-reactive ketones (excluding diaryl/α,β-unsaturated/α-hetero) is 1. The average molecular weight is 276 g/mol. The van der Waals surface area contributed by atoms with Crippen LogP contribution in [0.15, 0.2) is 16.0 Å². The van der Waals surface area contributed by atoms with Crippen LogP contribution < -0.4 is 5.56 Å². The van der Waals surface area contributed by atoms with Gasteiger partial charge in [0.1, 0.15) is 6.61 Å². The molecule has 0 saturated heterocycles. The number of nitrogens with zero attached hydrogens (tertiary/aromatic N) is 2. The number of hydrogen-bond acceptors (Lipinski definition) is 6. The molecule has 0 aliphatic carbocycles. The Balaban J connectivity index is 2.36. The van der Waals surface area contributed by atoms with Gasteiger partial charge in [0.05, 0.1) is 11.3 Å². The number of esters is 1. The highest BCUT2D eigenvalue weighted by Crippen LogP contribution is 2.37. The van der Waals surface area contributed by atoms with E-state index in [4.69, 9.17) is 4.74 Å². The van der Waals surface area contributed by atoms with E-state index >= 15 is 0 Å². The standard InChI is InChI=1S/C13H12N2O5/c1-2-13(14-19)8-5-9-10(16)3-4-15(9)11(17)7(8)6-20-12(13)18/h5H,2-4,6H2,1H3/t13-/m0/s1. The van der Waals surface area contributed by atoms with Crippen molar-refractivity contribution in [1.29, 1.82) is 0 Å². The third kappa shape index (κ3) is 1.37. The van der Waals surface area contributed by atoms with E-state index in [0.29, 0.717) is 6.54 Å². The molecule has 0 N–H and O–H groups in total. The quantitative estimate of drug-likeness (QED) is 0.589. The van der Waals surface area contributed by atoms with Crippen molar-refractivity contribution in [3.63, 3.8) is 0 Å². The van der Waals surface area contributed by atoms with Gasteiger partial charge >= 0.3 is 5.97 Å². The van der Waals surface area contributed by atoms with E-state index in [9.17, 15) is 19.3 Å². The van der Waals surface area contributed by atoms with Crippen LogP contribution in [0.25, 0.3) is 0 Å². The number of cyclic esters (lactones) is 1. The first kappa shape index (κ1) is 12.7. The van der Waals surface area contributed by atoms with Crippen molar-refractivity contribution in [1.82, 2.24) is 4.57 Å². The van der Waals surface area contributed by atoms with E-state index < -0.39 is 11.5 Å². The van der Waals surface area contributed by atoms with Crippen molar-refractivity contribution < 1.29 is 14.3 Å². The van der Waals surface area contributed by atoms with Crippen molar-refractivity contribution in [2.24, 2.45) is 5.18 Å². The number of ketones is 1. The van der Waals surface area contributed by atoms with Crippen LogP contribution in [0.2, 0.25) is 0 Å². The Hall–Kier alpha value is -2.31. The fourth-order valence-electron chi connectivity index (χ4n) is 2.85. The third-order valence-electron chi connectivity index (χ3n) is 4.05. The third-order valence-corrected chi connectivity index (χ3v) is 4.05. The van der Waals surface area contributed by atoms with E-state index in [0.717, 1.165) is 0 Å². The van der Waals surface area contributed by atoms with E-state index in [2.05, 4.69) is 5.18 Å². The van der Waals surface area contributed by atoms with Gasteiger partial charge in [-0.15, -0.1) is 4.91 Å². The summed E-state index contributed by atoms with van der Waals surface area (Å²) in [5, 5.41) is 2.93. The number of ether oxygens (including phenoxy) is 1. The SMILES string of the molecule is CC[C@@]1(N=O)C(=O)OCc2c1cc1n(c2=O)CCC1=O. The predicted octanol–water partition coefficient (Wildman–Crippen LogP) is 0.863. The van der Waals surface area contributed by atoms with Gasteiger partial charge in [-0.25, -0.2) is 4.79 Å². The zero-order valence-corrected chi connectivity index (χ0v) is 10.8. The number of hydrogen-bond donors (Lipinski definition) is 0. The van der Waals surface area contributed by atoms with E-state index in [1.807, 2.05) is 0 Å². The Bertz CT molecular complexity index is 705. The molecule has 0 aromatic carbocycles. The number of fused-ring (bicyclic) bond motifs is 2. The average Bonchev–Trinajstić information content (AvgIpc) is 2.82. The van der Waals surface area contributed by atoms with Crippen molar-refractivity contribution >= 4 is 11.8 Å². The highest BCUT2D eigenvalue weighted by atomic mass is 16.5. The Labute approximate surface area is 113 Å². The molecular weight excluding hydrogens is 264 g/mol. The van der Waals surface area contributed by atoms with Crippen molar-refractivity contribution in [3.05, 3.63) is 38.1 Å². The summed E-state index contributed by atoms with van der Waals surface area (Å²) in [6.07, 6.45) is 0.333. The molecule has 0 spiro atoms. The fourth-order valence-corrected chi connectivity index (χ4v) is 2.85. The first-order valence-corrected chi connectivity index (χ1v) is 6.37. The second kappa shape index (κ2) is 4.09. The van der Waals surface area contributed by atoms with Gasteiger partial charge in [0.15, 0.2) is 5.78 Å². The molecular formula is C13H12N2O5. The van der Waals surface area contributed by atoms with E-state index in [-0.39, 0.29) is 47.6 Å². The summed E-state index contributed by atoms with van der Waals surface area (Å²) in [5.74, 6) is -0.933. The molecule has 20 heavy (non-hydrogen) atoms. The minimum Gasteiger partial charge on any atom is -0.458 e. The minimum absolute atomic E-state index is 0.0828. The lowest BCUT2D eigenvalue weighted by atomic mass is 9.83. The van der Waals surface area contributed by atoms with Crippen LogP contribution in [0.4, 0.5) is 0 Å². The number of pyridine rings is 1. The van der Waals surface area contributed by atoms with Gasteiger partial charge in [0, 0.05) is 18.5 Å². The molecule has 1 aromatic rings. The Kier molecular flexibility index (Phi) is 2.60. The highest BCUT2D eigenvalue weighted by Gasteiger charge is 2.48. The summed E-state index contributed by atoms with van der Waals surface area (Å²) < 4.78 is 6.31. The molecule has 104 valence electrons. The first-order valence-electron chi connectivity index (χ1n) is 6.37. The summed E-state index contributed by atoms with van der Waals surface area (Å²) in [5.41, 5.74) is -1.39. The molecule has 2 aliphatic rings. The van der Waals surface area contributed by atoms with Crippen LogP contribution in [0.1, 0.15) is 41.4 Å². The summed E-state index contributed by atoms with van der Waals surface area (Å²) in [4.78, 5) is 47.3. The zero-order valence-electron chi connectivity index (χ0n) is 10.8. The molecule has 0 radical (unpaired) electrons. The van der Waals surface area contributed by atoms with Gasteiger partial charge in [-0.1, -0.05) is 6.92 Å². The van der Waals surface area contributed by atoms with Crippen LogP contribution in [0.5, 0.6) is 0 Å². The van der Waals surface area contributed by atoms with Gasteiger partial charge < -0.3 is 9.30 Å². The van der Waals surface area contributed by atoms with Crippen LogP contribution in [-0.4, -0.2) is 16.3 Å². The Morgan fingerprint density at radius 2 is 2.15 bits per heavy atom. The van der Waals surface area contributed by atoms with Crippen LogP contribution in [0.3, 0.4) is 0 Å². The molecule has 0 bridgehead atoms. The second-order valence-electron chi connectivity index (χ2n) is 4.93. The summed E-state index contributed by atoms with van der Waals surface area (Å²) >= 11 is 0. The summed E-state index contributed by atoms with van der Waals surface area (Å²) in [7, 11) is 0. The number of rotatable bonds is 2. The van der Waals surface area contributed by atoms with Crippen molar-refractivity contribution in [2.45, 2.75) is 38.5 Å². The monoisotopic (exact) mass is 276 g/mol. The maximum atomic E-state index is 12.4. The lowest BCUT2D eigenvalue weighted by Gasteiger charge is -2.30. The lowest BCUT2D eigenvalue weighted by Crippen LogP contribution is -2.43. The van der Waals surface area contributed by atoms with Gasteiger partial charge in [0.25, 0.3) is 5.56 Å². The molecule has 0 fully saturated rings. The number of aromatic nitrogens is 1. The molecule has 1 aromatic heterocycles. The molecule has 0 saturated carbocycles. The molecule has 3 rings (SSSR count). The lowest BCUT2D eigenvalue weighted by molar-refractivity contribution is -0.154. The number of carbonyl (C=O) groups is 2. The maximum absolute atomic E-state index is 12.4. The fraction of sp³-hybridized carbons (Fsp3) is 0.462. The second-order valence-corrected chi connectivity index (χ2v) is 4.93. The molecule has 3 heterocycles. The molecule has 0 unspecified atom stereocenters. The van der Waals surface area contributed by atoms with Gasteiger partial charge in [-0.3, -0.25) is 9.59 Å². The van der Waals surface area contributed by atoms with Gasteiger partial charge in [-0.05, 0) is 17.7 Å². The first-order chi connectivity index (χ1) is 9.55.